The third kappa shape index (κ3) is 5.10. The molecular weight excluding hydrogens is 396 g/mol. The van der Waals surface area contributed by atoms with E-state index in [0.717, 1.165) is 60.5 Å². The number of pyridine rings is 1. The normalized spacial score (nSPS) is 17.4. The highest BCUT2D eigenvalue weighted by Gasteiger charge is 2.24. The molecule has 1 aromatic carbocycles. The van der Waals surface area contributed by atoms with Crippen molar-refractivity contribution in [3.05, 3.63) is 54.6 Å². The Hall–Kier alpha value is -2.80. The van der Waals surface area contributed by atoms with Crippen molar-refractivity contribution in [1.82, 2.24) is 14.8 Å². The number of nitrogens with zero attached hydrogens (tertiary/aromatic N) is 4. The number of hydrogen-bond donors (Lipinski definition) is 1. The van der Waals surface area contributed by atoms with Crippen molar-refractivity contribution < 1.29 is 8.78 Å². The van der Waals surface area contributed by atoms with E-state index in [9.17, 15) is 8.78 Å². The topological polar surface area (TPSA) is 43.8 Å². The van der Waals surface area contributed by atoms with E-state index in [1.807, 2.05) is 25.4 Å². The molecular formula is C24H29F2N5. The highest BCUT2D eigenvalue weighted by molar-refractivity contribution is 5.98. The number of halogens is 2. The lowest BCUT2D eigenvalue weighted by Crippen LogP contribution is -2.45. The minimum atomic E-state index is -2.29. The smallest absolute Gasteiger partial charge is 0.251 e. The highest BCUT2D eigenvalue weighted by Crippen LogP contribution is 2.28. The number of hydrogen-bond acceptors (Lipinski definition) is 5. The number of alkyl halides is 2. The van der Waals surface area contributed by atoms with Gasteiger partial charge in [-0.2, -0.15) is 0 Å². The SMILES string of the molecule is C=C(Nc1cc2cc(C3=CN=C(C)C3)ccc2cn1)N1CCC(N(C)CC(F)F)CC1. The van der Waals surface area contributed by atoms with Crippen LogP contribution in [0.5, 0.6) is 0 Å². The summed E-state index contributed by atoms with van der Waals surface area (Å²) in [5, 5.41) is 5.52. The summed E-state index contributed by atoms with van der Waals surface area (Å²) in [6, 6.07) is 8.61. The number of piperidine rings is 1. The third-order valence-corrected chi connectivity index (χ3v) is 6.15. The molecule has 2 aliphatic heterocycles. The average molecular weight is 426 g/mol. The van der Waals surface area contributed by atoms with Crippen LogP contribution in [0.25, 0.3) is 16.3 Å². The summed E-state index contributed by atoms with van der Waals surface area (Å²) in [5.41, 5.74) is 3.54. The summed E-state index contributed by atoms with van der Waals surface area (Å²) >= 11 is 0. The number of nitrogens with one attached hydrogen (secondary N) is 1. The van der Waals surface area contributed by atoms with Gasteiger partial charge in [-0.1, -0.05) is 18.7 Å². The Bertz CT molecular complexity index is 1020. The lowest BCUT2D eigenvalue weighted by Gasteiger charge is -2.38. The molecule has 0 unspecified atom stereocenters. The van der Waals surface area contributed by atoms with E-state index in [4.69, 9.17) is 0 Å². The highest BCUT2D eigenvalue weighted by atomic mass is 19.3. The first-order valence-corrected chi connectivity index (χ1v) is 10.7. The van der Waals surface area contributed by atoms with E-state index in [1.54, 1.807) is 11.9 Å². The molecule has 1 N–H and O–H groups in total. The molecule has 3 heterocycles. The fraction of sp³-hybridized carbons (Fsp3) is 0.417. The third-order valence-electron chi connectivity index (χ3n) is 6.15. The number of likely N-dealkylation sites (tertiary alicyclic amines) is 1. The van der Waals surface area contributed by atoms with Gasteiger partial charge < -0.3 is 10.2 Å². The minimum absolute atomic E-state index is 0.171. The molecule has 31 heavy (non-hydrogen) atoms. The van der Waals surface area contributed by atoms with Crippen LogP contribution < -0.4 is 5.32 Å². The average Bonchev–Trinajstić information content (AvgIpc) is 3.19. The monoisotopic (exact) mass is 425 g/mol. The number of anilines is 1. The van der Waals surface area contributed by atoms with Crippen molar-refractivity contribution in [2.45, 2.75) is 38.7 Å². The predicted octanol–water partition coefficient (Wildman–Crippen LogP) is 4.98. The maximum atomic E-state index is 12.6. The summed E-state index contributed by atoms with van der Waals surface area (Å²) in [6.07, 6.45) is 4.09. The van der Waals surface area contributed by atoms with Crippen LogP contribution in [-0.2, 0) is 0 Å². The van der Waals surface area contributed by atoms with Crippen LogP contribution in [0.3, 0.4) is 0 Å². The van der Waals surface area contributed by atoms with Crippen molar-refractivity contribution in [2.75, 3.05) is 32.0 Å². The van der Waals surface area contributed by atoms with Gasteiger partial charge in [0, 0.05) is 49.0 Å². The molecule has 0 radical (unpaired) electrons. The molecule has 1 aromatic heterocycles. The summed E-state index contributed by atoms with van der Waals surface area (Å²) < 4.78 is 25.3. The molecule has 164 valence electrons. The van der Waals surface area contributed by atoms with Crippen LogP contribution in [0.2, 0.25) is 0 Å². The second kappa shape index (κ2) is 9.14. The molecule has 0 aliphatic carbocycles. The second-order valence-electron chi connectivity index (χ2n) is 8.45. The molecule has 1 saturated heterocycles. The number of fused-ring (bicyclic) bond motifs is 1. The first-order valence-electron chi connectivity index (χ1n) is 10.7. The molecule has 0 bridgehead atoms. The molecule has 0 spiro atoms. The van der Waals surface area contributed by atoms with Gasteiger partial charge in [0.2, 0.25) is 0 Å². The van der Waals surface area contributed by atoms with Crippen LogP contribution in [-0.4, -0.2) is 59.6 Å². The molecule has 1 fully saturated rings. The largest absolute Gasteiger partial charge is 0.359 e. The molecule has 0 atom stereocenters. The van der Waals surface area contributed by atoms with E-state index in [0.29, 0.717) is 0 Å². The summed E-state index contributed by atoms with van der Waals surface area (Å²) in [6.45, 7) is 7.62. The van der Waals surface area contributed by atoms with Crippen LogP contribution in [0, 0.1) is 0 Å². The molecule has 4 rings (SSSR count). The molecule has 0 amide bonds. The molecule has 5 nitrogen and oxygen atoms in total. The number of rotatable bonds is 7. The van der Waals surface area contributed by atoms with Gasteiger partial charge in [-0.05, 0) is 55.5 Å². The van der Waals surface area contributed by atoms with Crippen LogP contribution in [0.1, 0.15) is 31.7 Å². The van der Waals surface area contributed by atoms with Crippen molar-refractivity contribution in [3.63, 3.8) is 0 Å². The van der Waals surface area contributed by atoms with Crippen molar-refractivity contribution in [1.29, 1.82) is 0 Å². The van der Waals surface area contributed by atoms with E-state index in [-0.39, 0.29) is 12.6 Å². The molecule has 2 aliphatic rings. The van der Waals surface area contributed by atoms with Gasteiger partial charge in [0.05, 0.1) is 12.4 Å². The van der Waals surface area contributed by atoms with Crippen LogP contribution in [0.15, 0.2) is 54.1 Å². The Balaban J connectivity index is 1.39. The zero-order valence-electron chi connectivity index (χ0n) is 18.1. The van der Waals surface area contributed by atoms with Crippen molar-refractivity contribution >= 4 is 27.9 Å². The van der Waals surface area contributed by atoms with E-state index in [1.165, 1.54) is 11.1 Å². The minimum Gasteiger partial charge on any atom is -0.359 e. The number of benzene rings is 1. The predicted molar refractivity (Wildman–Crippen MR) is 123 cm³/mol. The Morgan fingerprint density at radius 1 is 1.26 bits per heavy atom. The summed E-state index contributed by atoms with van der Waals surface area (Å²) in [5.74, 6) is 1.54. The van der Waals surface area contributed by atoms with Gasteiger partial charge in [0.15, 0.2) is 0 Å². The summed E-state index contributed by atoms with van der Waals surface area (Å²) in [7, 11) is 1.78. The van der Waals surface area contributed by atoms with Gasteiger partial charge >= 0.3 is 0 Å². The Kier molecular flexibility index (Phi) is 6.32. The first-order chi connectivity index (χ1) is 14.9. The fourth-order valence-corrected chi connectivity index (χ4v) is 4.31. The van der Waals surface area contributed by atoms with Crippen LogP contribution in [0.4, 0.5) is 14.6 Å². The quantitative estimate of drug-likeness (QED) is 0.679. The van der Waals surface area contributed by atoms with Gasteiger partial charge in [-0.25, -0.2) is 13.8 Å². The Labute approximate surface area is 182 Å². The van der Waals surface area contributed by atoms with E-state index in [2.05, 4.69) is 45.0 Å². The summed E-state index contributed by atoms with van der Waals surface area (Å²) in [4.78, 5) is 12.9. The van der Waals surface area contributed by atoms with E-state index < -0.39 is 6.43 Å². The lowest BCUT2D eigenvalue weighted by molar-refractivity contribution is 0.0625. The maximum absolute atomic E-state index is 12.6. The zero-order chi connectivity index (χ0) is 22.0. The first kappa shape index (κ1) is 21.4. The van der Waals surface area contributed by atoms with Gasteiger partial charge in [-0.3, -0.25) is 9.89 Å². The second-order valence-corrected chi connectivity index (χ2v) is 8.45. The number of aliphatic imine (C=N–C) groups is 1. The van der Waals surface area contributed by atoms with Gasteiger partial charge in [0.25, 0.3) is 6.43 Å². The van der Waals surface area contributed by atoms with Gasteiger partial charge in [0.1, 0.15) is 5.82 Å². The number of allylic oxidation sites excluding steroid dienone is 1. The molecule has 2 aromatic rings. The van der Waals surface area contributed by atoms with E-state index >= 15 is 0 Å². The maximum Gasteiger partial charge on any atom is 0.251 e. The Morgan fingerprint density at radius 3 is 2.71 bits per heavy atom. The molecule has 0 saturated carbocycles. The van der Waals surface area contributed by atoms with Crippen LogP contribution >= 0.6 is 0 Å². The molecule has 7 heteroatoms. The fourth-order valence-electron chi connectivity index (χ4n) is 4.31. The van der Waals surface area contributed by atoms with Gasteiger partial charge in [-0.15, -0.1) is 0 Å². The lowest BCUT2D eigenvalue weighted by atomic mass is 10.0. The van der Waals surface area contributed by atoms with Crippen molar-refractivity contribution in [3.8, 4) is 0 Å². The van der Waals surface area contributed by atoms with Crippen molar-refractivity contribution in [2.24, 2.45) is 4.99 Å². The standard InChI is InChI=1S/C24H29F2N5/c1-16-10-21(14-27-16)18-4-5-19-13-28-24(12-20(19)11-18)29-17(2)31-8-6-22(7-9-31)30(3)15-23(25)26/h4-5,11-14,22-23H,2,6-10,15H2,1,3H3,(H,28,29). The number of aromatic nitrogens is 1. The zero-order valence-corrected chi connectivity index (χ0v) is 18.1. The Morgan fingerprint density at radius 2 is 2.03 bits per heavy atom.